The van der Waals surface area contributed by atoms with Crippen LogP contribution < -0.4 is 9.47 Å². The Morgan fingerprint density at radius 2 is 2.03 bits per heavy atom. The Hall–Kier alpha value is -3.53. The quantitative estimate of drug-likeness (QED) is 0.582. The smallest absolute Gasteiger partial charge is 0.233 e. The fraction of sp³-hybridized carbons (Fsp3) is 0.222. The van der Waals surface area contributed by atoms with E-state index >= 15 is 0 Å². The van der Waals surface area contributed by atoms with Gasteiger partial charge in [0.15, 0.2) is 0 Å². The molecule has 156 valence electrons. The summed E-state index contributed by atoms with van der Waals surface area (Å²) in [4.78, 5) is 4.66. The van der Waals surface area contributed by atoms with Gasteiger partial charge in [-0.25, -0.2) is 0 Å². The maximum absolute atomic E-state index is 10.8. The van der Waals surface area contributed by atoms with Crippen molar-refractivity contribution >= 4 is 5.76 Å². The lowest BCUT2D eigenvalue weighted by Crippen LogP contribution is -2.01. The van der Waals surface area contributed by atoms with Gasteiger partial charge >= 0.3 is 0 Å². The number of allylic oxidation sites excluding steroid dienone is 8. The highest BCUT2D eigenvalue weighted by molar-refractivity contribution is 5.75. The van der Waals surface area contributed by atoms with E-state index in [0.29, 0.717) is 29.5 Å². The van der Waals surface area contributed by atoms with Crippen molar-refractivity contribution in [3.63, 3.8) is 0 Å². The summed E-state index contributed by atoms with van der Waals surface area (Å²) < 4.78 is 12.4. The minimum Gasteiger partial charge on any atom is -0.507 e. The number of pyridine rings is 1. The molecule has 3 aliphatic carbocycles. The minimum atomic E-state index is 0.279. The van der Waals surface area contributed by atoms with E-state index in [1.54, 1.807) is 0 Å². The summed E-state index contributed by atoms with van der Waals surface area (Å²) in [5.74, 6) is 2.60. The number of hydrogen-bond donors (Lipinski definition) is 1. The molecule has 4 heteroatoms. The molecule has 1 N–H and O–H groups in total. The standard InChI is InChI=1S/C27H25NO3/c1-3-18-14-21-16-24(30-23-12-6-9-19-8-5-10-20(19)15-23)28-27(25(21)26(18)29)31-22-11-4-7-17(2)13-22/h4-5,7-9,11-13,15-16,29H,3,6,10,14H2,1-2H3. The van der Waals surface area contributed by atoms with Crippen molar-refractivity contribution in [3.05, 3.63) is 99.9 Å². The first-order valence-electron chi connectivity index (χ1n) is 10.8. The summed E-state index contributed by atoms with van der Waals surface area (Å²) in [7, 11) is 0. The van der Waals surface area contributed by atoms with Crippen molar-refractivity contribution < 1.29 is 14.6 Å². The predicted octanol–water partition coefficient (Wildman–Crippen LogP) is 6.90. The van der Waals surface area contributed by atoms with Crippen molar-refractivity contribution in [2.75, 3.05) is 0 Å². The highest BCUT2D eigenvalue weighted by Gasteiger charge is 2.27. The lowest BCUT2D eigenvalue weighted by atomic mass is 10.1. The van der Waals surface area contributed by atoms with E-state index in [2.05, 4.69) is 35.4 Å². The van der Waals surface area contributed by atoms with E-state index in [9.17, 15) is 5.11 Å². The zero-order valence-electron chi connectivity index (χ0n) is 17.8. The van der Waals surface area contributed by atoms with Gasteiger partial charge in [0.2, 0.25) is 11.8 Å². The van der Waals surface area contributed by atoms with Crippen LogP contribution in [-0.2, 0) is 6.42 Å². The first-order chi connectivity index (χ1) is 15.1. The van der Waals surface area contributed by atoms with Gasteiger partial charge in [-0.1, -0.05) is 37.3 Å². The van der Waals surface area contributed by atoms with Gasteiger partial charge in [-0.05, 0) is 84.7 Å². The topological polar surface area (TPSA) is 51.6 Å². The van der Waals surface area contributed by atoms with E-state index < -0.39 is 0 Å². The molecule has 0 amide bonds. The van der Waals surface area contributed by atoms with Crippen LogP contribution in [0.3, 0.4) is 0 Å². The number of aliphatic hydroxyl groups is 1. The number of aromatic nitrogens is 1. The molecule has 5 rings (SSSR count). The number of benzene rings is 1. The Morgan fingerprint density at radius 3 is 2.87 bits per heavy atom. The van der Waals surface area contributed by atoms with E-state index in [4.69, 9.17) is 9.47 Å². The fourth-order valence-electron chi connectivity index (χ4n) is 4.24. The molecule has 1 aromatic heterocycles. The van der Waals surface area contributed by atoms with Crippen LogP contribution in [0.5, 0.6) is 17.5 Å². The molecule has 1 aromatic carbocycles. The summed E-state index contributed by atoms with van der Waals surface area (Å²) in [6.45, 7) is 4.06. The molecule has 1 heterocycles. The summed E-state index contributed by atoms with van der Waals surface area (Å²) >= 11 is 0. The SMILES string of the molecule is CCC1=C(O)c2c(cc(OC3=CCC=C4C=CCC4=C3)nc2Oc2cccc(C)c2)C1. The molecule has 0 saturated carbocycles. The first kappa shape index (κ1) is 19.4. The third-order valence-corrected chi connectivity index (χ3v) is 5.85. The number of ether oxygens (including phenoxy) is 2. The van der Waals surface area contributed by atoms with E-state index in [1.807, 2.05) is 44.2 Å². The van der Waals surface area contributed by atoms with E-state index in [1.165, 1.54) is 11.1 Å². The molecular weight excluding hydrogens is 386 g/mol. The molecule has 2 aromatic rings. The fourth-order valence-corrected chi connectivity index (χ4v) is 4.24. The summed E-state index contributed by atoms with van der Waals surface area (Å²) in [6, 6.07) is 9.73. The predicted molar refractivity (Wildman–Crippen MR) is 122 cm³/mol. The Kier molecular flexibility index (Phi) is 4.99. The number of hydrogen-bond acceptors (Lipinski definition) is 4. The first-order valence-corrected chi connectivity index (χ1v) is 10.8. The number of nitrogens with zero attached hydrogens (tertiary/aromatic N) is 1. The summed E-state index contributed by atoms with van der Waals surface area (Å²) in [6.07, 6.45) is 13.9. The second-order valence-corrected chi connectivity index (χ2v) is 8.08. The minimum absolute atomic E-state index is 0.279. The average Bonchev–Trinajstić information content (AvgIpc) is 3.26. The second-order valence-electron chi connectivity index (χ2n) is 8.08. The Balaban J connectivity index is 1.50. The van der Waals surface area contributed by atoms with Crippen LogP contribution in [-0.4, -0.2) is 10.1 Å². The average molecular weight is 412 g/mol. The van der Waals surface area contributed by atoms with Gasteiger partial charge in [0.1, 0.15) is 17.3 Å². The molecule has 0 spiro atoms. The third kappa shape index (κ3) is 3.81. The van der Waals surface area contributed by atoms with Crippen LogP contribution in [0.1, 0.15) is 42.9 Å². The molecular formula is C27H25NO3. The molecule has 0 aliphatic heterocycles. The van der Waals surface area contributed by atoms with Crippen LogP contribution in [0.2, 0.25) is 0 Å². The van der Waals surface area contributed by atoms with Crippen LogP contribution in [0, 0.1) is 6.92 Å². The lowest BCUT2D eigenvalue weighted by Gasteiger charge is -2.14. The highest BCUT2D eigenvalue weighted by Crippen LogP contribution is 2.41. The zero-order valence-corrected chi connectivity index (χ0v) is 17.8. The maximum Gasteiger partial charge on any atom is 0.233 e. The largest absolute Gasteiger partial charge is 0.507 e. The van der Waals surface area contributed by atoms with Gasteiger partial charge in [-0.15, -0.1) is 0 Å². The number of aryl methyl sites for hydroxylation is 1. The van der Waals surface area contributed by atoms with Crippen molar-refractivity contribution in [2.45, 2.75) is 39.5 Å². The van der Waals surface area contributed by atoms with Crippen LogP contribution in [0.15, 0.2) is 83.2 Å². The lowest BCUT2D eigenvalue weighted by molar-refractivity contribution is 0.400. The molecule has 0 unspecified atom stereocenters. The van der Waals surface area contributed by atoms with Gasteiger partial charge in [0, 0.05) is 6.07 Å². The van der Waals surface area contributed by atoms with Crippen LogP contribution in [0.25, 0.3) is 5.76 Å². The van der Waals surface area contributed by atoms with Crippen LogP contribution in [0.4, 0.5) is 0 Å². The molecule has 31 heavy (non-hydrogen) atoms. The van der Waals surface area contributed by atoms with Gasteiger partial charge in [0.25, 0.3) is 0 Å². The second kappa shape index (κ2) is 7.95. The molecule has 0 fully saturated rings. The normalized spacial score (nSPS) is 16.9. The number of aliphatic hydroxyl groups excluding tert-OH is 1. The monoisotopic (exact) mass is 411 g/mol. The molecule has 0 bridgehead atoms. The van der Waals surface area contributed by atoms with Gasteiger partial charge in [-0.3, -0.25) is 0 Å². The zero-order chi connectivity index (χ0) is 21.4. The maximum atomic E-state index is 10.8. The van der Waals surface area contributed by atoms with Crippen LogP contribution >= 0.6 is 0 Å². The summed E-state index contributed by atoms with van der Waals surface area (Å²) in [5, 5.41) is 10.8. The third-order valence-electron chi connectivity index (χ3n) is 5.85. The molecule has 0 saturated heterocycles. The molecule has 3 aliphatic rings. The highest BCUT2D eigenvalue weighted by atomic mass is 16.5. The summed E-state index contributed by atoms with van der Waals surface area (Å²) in [5.41, 5.74) is 6.26. The molecule has 0 atom stereocenters. The van der Waals surface area contributed by atoms with Crippen molar-refractivity contribution in [1.29, 1.82) is 0 Å². The van der Waals surface area contributed by atoms with E-state index in [0.717, 1.165) is 41.7 Å². The number of rotatable bonds is 5. The van der Waals surface area contributed by atoms with Crippen molar-refractivity contribution in [2.24, 2.45) is 0 Å². The Morgan fingerprint density at radius 1 is 1.13 bits per heavy atom. The van der Waals surface area contributed by atoms with E-state index in [-0.39, 0.29) is 5.76 Å². The van der Waals surface area contributed by atoms with Gasteiger partial charge in [-0.2, -0.15) is 4.98 Å². The Bertz CT molecular complexity index is 1210. The molecule has 0 radical (unpaired) electrons. The van der Waals surface area contributed by atoms with Crippen molar-refractivity contribution in [3.8, 4) is 17.5 Å². The molecule has 4 nitrogen and oxygen atoms in total. The van der Waals surface area contributed by atoms with Crippen molar-refractivity contribution in [1.82, 2.24) is 4.98 Å². The van der Waals surface area contributed by atoms with Gasteiger partial charge < -0.3 is 14.6 Å². The van der Waals surface area contributed by atoms with Gasteiger partial charge in [0.05, 0.1) is 5.56 Å². The number of fused-ring (bicyclic) bond motifs is 2. The Labute approximate surface area is 182 Å².